The fraction of sp³-hybridized carbons (Fsp3) is 0.0625. The average Bonchev–Trinajstić information content (AvgIpc) is 2.51. The third kappa shape index (κ3) is 2.71. The van der Waals surface area contributed by atoms with Crippen LogP contribution in [0.25, 0.3) is 10.9 Å². The van der Waals surface area contributed by atoms with E-state index in [0.717, 1.165) is 5.39 Å². The first-order valence-corrected chi connectivity index (χ1v) is 6.71. The molecule has 0 saturated carbocycles. The molecule has 0 fully saturated rings. The van der Waals surface area contributed by atoms with Gasteiger partial charge in [-0.3, -0.25) is 9.78 Å². The average molecular weight is 299 g/mol. The lowest BCUT2D eigenvalue weighted by Gasteiger charge is -2.09. The maximum atomic E-state index is 11.2. The summed E-state index contributed by atoms with van der Waals surface area (Å²) in [5, 5.41) is 1.44. The van der Waals surface area contributed by atoms with Gasteiger partial charge in [-0.2, -0.15) is 0 Å². The molecule has 104 valence electrons. The number of fused-ring (bicyclic) bond motifs is 1. The summed E-state index contributed by atoms with van der Waals surface area (Å²) in [6, 6.07) is 10.6. The molecule has 0 spiro atoms. The Morgan fingerprint density at radius 1 is 1.14 bits per heavy atom. The number of carbonyl (C=O) groups is 1. The Kier molecular flexibility index (Phi) is 3.54. The van der Waals surface area contributed by atoms with E-state index in [1.807, 2.05) is 12.1 Å². The van der Waals surface area contributed by atoms with Crippen LogP contribution >= 0.6 is 11.6 Å². The Morgan fingerprint density at radius 2 is 2.00 bits per heavy atom. The molecule has 21 heavy (non-hydrogen) atoms. The summed E-state index contributed by atoms with van der Waals surface area (Å²) in [6.45, 7) is 1.47. The van der Waals surface area contributed by atoms with E-state index >= 15 is 0 Å². The summed E-state index contributed by atoms with van der Waals surface area (Å²) in [5.74, 6) is 1.04. The van der Waals surface area contributed by atoms with E-state index in [9.17, 15) is 4.79 Å². The van der Waals surface area contributed by atoms with Gasteiger partial charge in [-0.05, 0) is 36.4 Å². The zero-order valence-electron chi connectivity index (χ0n) is 11.2. The SMILES string of the molecule is CC(=O)c1ccc(Oc2ccc(Cl)c3cccnc23)cn1. The molecule has 1 aromatic carbocycles. The molecule has 2 heterocycles. The molecular formula is C16H11ClN2O2. The van der Waals surface area contributed by atoms with E-state index in [1.165, 1.54) is 13.1 Å². The number of nitrogens with zero attached hydrogens (tertiary/aromatic N) is 2. The molecule has 0 atom stereocenters. The van der Waals surface area contributed by atoms with Gasteiger partial charge in [0, 0.05) is 18.5 Å². The highest BCUT2D eigenvalue weighted by molar-refractivity contribution is 6.35. The Morgan fingerprint density at radius 3 is 2.71 bits per heavy atom. The first-order chi connectivity index (χ1) is 10.1. The summed E-state index contributed by atoms with van der Waals surface area (Å²) in [5.41, 5.74) is 1.09. The Hall–Kier alpha value is -2.46. The number of benzene rings is 1. The highest BCUT2D eigenvalue weighted by Crippen LogP contribution is 2.32. The summed E-state index contributed by atoms with van der Waals surface area (Å²) in [6.07, 6.45) is 3.20. The van der Waals surface area contributed by atoms with E-state index in [1.54, 1.807) is 30.5 Å². The van der Waals surface area contributed by atoms with Gasteiger partial charge < -0.3 is 4.74 Å². The van der Waals surface area contributed by atoms with Gasteiger partial charge in [0.1, 0.15) is 17.0 Å². The van der Waals surface area contributed by atoms with Crippen LogP contribution < -0.4 is 4.74 Å². The van der Waals surface area contributed by atoms with Crippen molar-refractivity contribution in [3.8, 4) is 11.5 Å². The second-order valence-corrected chi connectivity index (χ2v) is 4.89. The Labute approximate surface area is 126 Å². The molecule has 2 aromatic heterocycles. The predicted molar refractivity (Wildman–Crippen MR) is 81.1 cm³/mol. The molecule has 0 aliphatic carbocycles. The summed E-state index contributed by atoms with van der Waals surface area (Å²) in [7, 11) is 0. The van der Waals surface area contributed by atoms with Crippen LogP contribution in [0.5, 0.6) is 11.5 Å². The molecule has 0 N–H and O–H groups in total. The van der Waals surface area contributed by atoms with Crippen LogP contribution in [-0.4, -0.2) is 15.8 Å². The van der Waals surface area contributed by atoms with Crippen molar-refractivity contribution in [2.75, 3.05) is 0 Å². The molecule has 0 bridgehead atoms. The number of halogens is 1. The van der Waals surface area contributed by atoms with E-state index in [4.69, 9.17) is 16.3 Å². The molecule has 0 unspecified atom stereocenters. The molecule has 5 heteroatoms. The second-order valence-electron chi connectivity index (χ2n) is 4.48. The van der Waals surface area contributed by atoms with Crippen molar-refractivity contribution in [2.45, 2.75) is 6.92 Å². The van der Waals surface area contributed by atoms with Crippen LogP contribution in [0, 0.1) is 0 Å². The molecule has 0 radical (unpaired) electrons. The van der Waals surface area contributed by atoms with Crippen molar-refractivity contribution >= 4 is 28.3 Å². The monoisotopic (exact) mass is 298 g/mol. The quantitative estimate of drug-likeness (QED) is 0.677. The van der Waals surface area contributed by atoms with Crippen LogP contribution in [-0.2, 0) is 0 Å². The maximum Gasteiger partial charge on any atom is 0.178 e. The van der Waals surface area contributed by atoms with Crippen LogP contribution in [0.15, 0.2) is 48.8 Å². The van der Waals surface area contributed by atoms with E-state index in [0.29, 0.717) is 27.7 Å². The number of rotatable bonds is 3. The van der Waals surface area contributed by atoms with Crippen LogP contribution in [0.4, 0.5) is 0 Å². The molecule has 3 rings (SSSR count). The number of Topliss-reactive ketones (excluding diaryl/α,β-unsaturated/α-hetero) is 1. The topological polar surface area (TPSA) is 52.1 Å². The van der Waals surface area contributed by atoms with Crippen molar-refractivity contribution in [1.29, 1.82) is 0 Å². The molecule has 0 amide bonds. The number of hydrogen-bond donors (Lipinski definition) is 0. The Bertz CT molecular complexity index is 816. The second kappa shape index (κ2) is 5.50. The predicted octanol–water partition coefficient (Wildman–Crippen LogP) is 4.28. The van der Waals surface area contributed by atoms with Crippen molar-refractivity contribution in [3.05, 3.63) is 59.5 Å². The zero-order valence-corrected chi connectivity index (χ0v) is 12.0. The highest BCUT2D eigenvalue weighted by atomic mass is 35.5. The standard InChI is InChI=1S/C16H11ClN2O2/c1-10(20)14-6-4-11(9-19-14)21-15-7-5-13(17)12-3-2-8-18-16(12)15/h2-9H,1H3. The zero-order chi connectivity index (χ0) is 14.8. The van der Waals surface area contributed by atoms with Gasteiger partial charge in [-0.25, -0.2) is 4.98 Å². The van der Waals surface area contributed by atoms with Gasteiger partial charge in [0.25, 0.3) is 0 Å². The number of carbonyl (C=O) groups excluding carboxylic acids is 1. The lowest BCUT2D eigenvalue weighted by atomic mass is 10.2. The lowest BCUT2D eigenvalue weighted by molar-refractivity contribution is 0.101. The highest BCUT2D eigenvalue weighted by Gasteiger charge is 2.08. The summed E-state index contributed by atoms with van der Waals surface area (Å²) < 4.78 is 5.79. The third-order valence-corrected chi connectivity index (χ3v) is 3.33. The smallest absolute Gasteiger partial charge is 0.178 e. The molecule has 0 aliphatic rings. The van der Waals surface area contributed by atoms with Crippen LogP contribution in [0.3, 0.4) is 0 Å². The molecule has 0 aliphatic heterocycles. The van der Waals surface area contributed by atoms with Crippen molar-refractivity contribution in [2.24, 2.45) is 0 Å². The summed E-state index contributed by atoms with van der Waals surface area (Å²) in [4.78, 5) is 19.6. The molecule has 3 aromatic rings. The fourth-order valence-corrected chi connectivity index (χ4v) is 2.19. The van der Waals surface area contributed by atoms with Crippen LogP contribution in [0.1, 0.15) is 17.4 Å². The largest absolute Gasteiger partial charge is 0.453 e. The summed E-state index contributed by atoms with van der Waals surface area (Å²) >= 11 is 6.14. The lowest BCUT2D eigenvalue weighted by Crippen LogP contribution is -1.96. The number of pyridine rings is 2. The van der Waals surface area contributed by atoms with Gasteiger partial charge in [0.2, 0.25) is 0 Å². The van der Waals surface area contributed by atoms with Gasteiger partial charge in [-0.15, -0.1) is 0 Å². The normalized spacial score (nSPS) is 10.6. The van der Waals surface area contributed by atoms with E-state index < -0.39 is 0 Å². The maximum absolute atomic E-state index is 11.2. The minimum Gasteiger partial charge on any atom is -0.453 e. The first kappa shape index (κ1) is 13.5. The van der Waals surface area contributed by atoms with Crippen molar-refractivity contribution < 1.29 is 9.53 Å². The van der Waals surface area contributed by atoms with Gasteiger partial charge in [-0.1, -0.05) is 11.6 Å². The van der Waals surface area contributed by atoms with Crippen LogP contribution in [0.2, 0.25) is 5.02 Å². The molecule has 0 saturated heterocycles. The first-order valence-electron chi connectivity index (χ1n) is 6.33. The van der Waals surface area contributed by atoms with Crippen molar-refractivity contribution in [1.82, 2.24) is 9.97 Å². The minimum atomic E-state index is -0.0832. The third-order valence-electron chi connectivity index (χ3n) is 3.00. The number of aromatic nitrogens is 2. The van der Waals surface area contributed by atoms with Gasteiger partial charge in [0.15, 0.2) is 11.5 Å². The number of ketones is 1. The van der Waals surface area contributed by atoms with Crippen molar-refractivity contribution in [3.63, 3.8) is 0 Å². The number of hydrogen-bond acceptors (Lipinski definition) is 4. The van der Waals surface area contributed by atoms with E-state index in [2.05, 4.69) is 9.97 Å². The van der Waals surface area contributed by atoms with Gasteiger partial charge >= 0.3 is 0 Å². The Balaban J connectivity index is 1.98. The van der Waals surface area contributed by atoms with E-state index in [-0.39, 0.29) is 5.78 Å². The minimum absolute atomic E-state index is 0.0832. The molecule has 4 nitrogen and oxygen atoms in total. The number of ether oxygens (including phenoxy) is 1. The van der Waals surface area contributed by atoms with Gasteiger partial charge in [0.05, 0.1) is 11.2 Å². The molecular weight excluding hydrogens is 288 g/mol. The fourth-order valence-electron chi connectivity index (χ4n) is 1.97.